The van der Waals surface area contributed by atoms with E-state index < -0.39 is 18.3 Å². The van der Waals surface area contributed by atoms with E-state index >= 15 is 0 Å². The molecule has 0 amide bonds. The topological polar surface area (TPSA) is 109 Å². The molecule has 3 N–H and O–H groups in total. The van der Waals surface area contributed by atoms with Gasteiger partial charge in [-0.05, 0) is 70.2 Å². The number of alkyl halides is 3. The summed E-state index contributed by atoms with van der Waals surface area (Å²) < 4.78 is 43.8. The molecule has 3 aromatic rings. The lowest BCUT2D eigenvalue weighted by Crippen LogP contribution is -2.22. The standard InChI is InChI=1S/C24H27F3N5O3/c1-13-7-19(21-31-32-22(35-21)28-11-14-5-4-6-16(33)8-14)30-20-17(13)9-15(29-12-24(25,26)27)10-18(20)23(2,3)34/h7,9-10,14,16,29,33-34H,4-6,8,12H2,1-3H3/q+1/t14?,16-/m0/s1. The average molecular weight is 491 g/mol. The molecule has 11 heteroatoms. The highest BCUT2D eigenvalue weighted by Gasteiger charge is 2.28. The van der Waals surface area contributed by atoms with Crippen molar-refractivity contribution in [1.29, 1.82) is 0 Å². The molecule has 1 aliphatic carbocycles. The summed E-state index contributed by atoms with van der Waals surface area (Å²) in [4.78, 5) is 8.73. The predicted octanol–water partition coefficient (Wildman–Crippen LogP) is 5.31. The summed E-state index contributed by atoms with van der Waals surface area (Å²) in [5.41, 5.74) is 0.663. The van der Waals surface area contributed by atoms with Crippen LogP contribution in [-0.2, 0) is 5.60 Å². The van der Waals surface area contributed by atoms with Crippen LogP contribution in [0.25, 0.3) is 27.3 Å². The fraction of sp³-hybridized carbons (Fsp3) is 0.500. The largest absolute Gasteiger partial charge is 0.638 e. The van der Waals surface area contributed by atoms with E-state index in [0.717, 1.165) is 19.3 Å². The Morgan fingerprint density at radius 1 is 1.20 bits per heavy atom. The molecular weight excluding hydrogens is 463 g/mol. The van der Waals surface area contributed by atoms with Gasteiger partial charge in [-0.3, -0.25) is 0 Å². The summed E-state index contributed by atoms with van der Waals surface area (Å²) in [6, 6.07) is 7.68. The molecule has 1 unspecified atom stereocenters. The van der Waals surface area contributed by atoms with Gasteiger partial charge in [0.05, 0.1) is 23.1 Å². The molecule has 1 saturated carbocycles. The highest BCUT2D eigenvalue weighted by atomic mass is 19.4. The number of halogens is 3. The van der Waals surface area contributed by atoms with Gasteiger partial charge in [0.25, 0.3) is 5.89 Å². The molecule has 2 heterocycles. The van der Waals surface area contributed by atoms with E-state index in [1.165, 1.54) is 19.9 Å². The summed E-state index contributed by atoms with van der Waals surface area (Å²) >= 11 is 0. The van der Waals surface area contributed by atoms with Crippen LogP contribution in [0.15, 0.2) is 22.6 Å². The minimum atomic E-state index is -4.38. The lowest BCUT2D eigenvalue weighted by molar-refractivity contribution is -0.115. The minimum Gasteiger partial charge on any atom is -0.393 e. The molecular formula is C24H27F3N5O3+. The Morgan fingerprint density at radius 2 is 1.97 bits per heavy atom. The maximum atomic E-state index is 12.7. The molecule has 8 nitrogen and oxygen atoms in total. The summed E-state index contributed by atoms with van der Waals surface area (Å²) in [6.07, 6.45) is -1.58. The summed E-state index contributed by atoms with van der Waals surface area (Å²) in [7, 11) is 0. The number of hydrogen-bond acceptors (Lipinski definition) is 7. The third-order valence-electron chi connectivity index (χ3n) is 5.90. The normalized spacial score (nSPS) is 18.9. The van der Waals surface area contributed by atoms with E-state index in [0.29, 0.717) is 34.1 Å². The molecule has 0 radical (unpaired) electrons. The van der Waals surface area contributed by atoms with Crippen LogP contribution >= 0.6 is 0 Å². The Hall–Kier alpha value is -3.23. The number of aliphatic hydroxyl groups is 2. The lowest BCUT2D eigenvalue weighted by atomic mass is 9.88. The van der Waals surface area contributed by atoms with Gasteiger partial charge in [0, 0.05) is 21.7 Å². The fourth-order valence-corrected chi connectivity index (χ4v) is 4.16. The van der Waals surface area contributed by atoms with Crippen LogP contribution in [0, 0.1) is 18.9 Å². The first-order chi connectivity index (χ1) is 16.4. The molecule has 35 heavy (non-hydrogen) atoms. The van der Waals surface area contributed by atoms with Gasteiger partial charge in [0.2, 0.25) is 0 Å². The second-order valence-corrected chi connectivity index (χ2v) is 9.42. The van der Waals surface area contributed by atoms with E-state index in [1.54, 1.807) is 19.1 Å². The summed E-state index contributed by atoms with van der Waals surface area (Å²) in [5.74, 6) is 0.129. The van der Waals surface area contributed by atoms with Gasteiger partial charge in [0.15, 0.2) is 6.07 Å². The number of anilines is 1. The van der Waals surface area contributed by atoms with Gasteiger partial charge >= 0.3 is 12.2 Å². The van der Waals surface area contributed by atoms with Crippen LogP contribution in [-0.4, -0.2) is 44.2 Å². The van der Waals surface area contributed by atoms with Crippen LogP contribution < -0.4 is 5.32 Å². The third-order valence-corrected chi connectivity index (χ3v) is 5.90. The molecule has 2 aromatic heterocycles. The number of aliphatic hydroxyl groups excluding tert-OH is 1. The average Bonchev–Trinajstić information content (AvgIpc) is 3.24. The highest BCUT2D eigenvalue weighted by molar-refractivity contribution is 5.90. The van der Waals surface area contributed by atoms with Crippen molar-refractivity contribution in [2.45, 2.75) is 64.3 Å². The van der Waals surface area contributed by atoms with E-state index in [1.807, 2.05) is 0 Å². The number of pyridine rings is 1. The SMILES string of the molecule is Cc1cc(-c2nnc([N+]#CC3CCC[C@H](O)C3)o2)nc2c(C(C)(C)O)cc(NCC(F)(F)F)cc12. The zero-order valence-electron chi connectivity index (χ0n) is 19.6. The quantitative estimate of drug-likeness (QED) is 0.455. The highest BCUT2D eigenvalue weighted by Crippen LogP contribution is 2.35. The van der Waals surface area contributed by atoms with Crippen LogP contribution in [0.5, 0.6) is 0 Å². The van der Waals surface area contributed by atoms with Crippen molar-refractivity contribution in [2.75, 3.05) is 11.9 Å². The van der Waals surface area contributed by atoms with Crippen molar-refractivity contribution in [3.8, 4) is 17.7 Å². The number of aryl methyl sites for hydroxylation is 1. The van der Waals surface area contributed by atoms with Gasteiger partial charge in [-0.25, -0.2) is 4.98 Å². The van der Waals surface area contributed by atoms with Crippen molar-refractivity contribution in [3.63, 3.8) is 0 Å². The first-order valence-corrected chi connectivity index (χ1v) is 11.4. The third kappa shape index (κ3) is 6.07. The van der Waals surface area contributed by atoms with Crippen molar-refractivity contribution >= 4 is 22.6 Å². The summed E-state index contributed by atoms with van der Waals surface area (Å²) in [6.45, 7) is 3.66. The number of aromatic nitrogens is 3. The summed E-state index contributed by atoms with van der Waals surface area (Å²) in [5, 5.41) is 31.4. The Labute approximate surface area is 200 Å². The minimum absolute atomic E-state index is 0.00835. The van der Waals surface area contributed by atoms with Crippen molar-refractivity contribution in [3.05, 3.63) is 34.2 Å². The first kappa shape index (κ1) is 24.9. The van der Waals surface area contributed by atoms with E-state index in [9.17, 15) is 23.4 Å². The van der Waals surface area contributed by atoms with Gasteiger partial charge in [-0.15, -0.1) is 4.85 Å². The van der Waals surface area contributed by atoms with Crippen molar-refractivity contribution in [2.24, 2.45) is 5.92 Å². The number of hydrogen-bond donors (Lipinski definition) is 3. The smallest absolute Gasteiger partial charge is 0.393 e. The molecule has 2 atom stereocenters. The zero-order chi connectivity index (χ0) is 25.4. The Bertz CT molecular complexity index is 1290. The molecule has 0 aliphatic heterocycles. The second-order valence-electron chi connectivity index (χ2n) is 9.42. The van der Waals surface area contributed by atoms with Crippen molar-refractivity contribution in [1.82, 2.24) is 15.2 Å². The number of nitrogens with one attached hydrogen (secondary N) is 1. The maximum Gasteiger partial charge on any atom is 0.638 e. The Morgan fingerprint density at radius 3 is 2.66 bits per heavy atom. The number of benzene rings is 1. The fourth-order valence-electron chi connectivity index (χ4n) is 4.16. The molecule has 0 saturated heterocycles. The molecule has 4 rings (SSSR count). The maximum absolute atomic E-state index is 12.7. The van der Waals surface area contributed by atoms with Crippen LogP contribution in [0.4, 0.5) is 24.9 Å². The number of rotatable bonds is 4. The van der Waals surface area contributed by atoms with Gasteiger partial charge in [0.1, 0.15) is 17.3 Å². The first-order valence-electron chi connectivity index (χ1n) is 11.4. The zero-order valence-corrected chi connectivity index (χ0v) is 19.6. The molecule has 186 valence electrons. The van der Waals surface area contributed by atoms with Gasteiger partial charge in [-0.2, -0.15) is 13.2 Å². The molecule has 0 spiro atoms. The number of nitrogens with zero attached hydrogens (tertiary/aromatic N) is 4. The Balaban J connectivity index is 1.69. The van der Waals surface area contributed by atoms with Gasteiger partial charge < -0.3 is 19.9 Å². The van der Waals surface area contributed by atoms with Crippen LogP contribution in [0.3, 0.4) is 0 Å². The van der Waals surface area contributed by atoms with E-state index in [4.69, 9.17) is 4.42 Å². The van der Waals surface area contributed by atoms with Crippen LogP contribution in [0.2, 0.25) is 0 Å². The molecule has 0 bridgehead atoms. The molecule has 1 aliphatic rings. The van der Waals surface area contributed by atoms with E-state index in [-0.39, 0.29) is 29.6 Å². The Kier molecular flexibility index (Phi) is 6.71. The monoisotopic (exact) mass is 490 g/mol. The van der Waals surface area contributed by atoms with Crippen LogP contribution in [0.1, 0.15) is 50.7 Å². The lowest BCUT2D eigenvalue weighted by Gasteiger charge is -2.22. The van der Waals surface area contributed by atoms with Gasteiger partial charge in [-0.1, -0.05) is 0 Å². The molecule has 1 aromatic carbocycles. The number of fused-ring (bicyclic) bond motifs is 1. The van der Waals surface area contributed by atoms with E-state index in [2.05, 4.69) is 31.4 Å². The second kappa shape index (κ2) is 9.43. The van der Waals surface area contributed by atoms with Crippen molar-refractivity contribution < 1.29 is 27.8 Å². The molecule has 1 fully saturated rings. The predicted molar refractivity (Wildman–Crippen MR) is 124 cm³/mol.